The molecule has 102 valence electrons. The number of amides is 1. The van der Waals surface area contributed by atoms with Gasteiger partial charge in [0.15, 0.2) is 0 Å². The van der Waals surface area contributed by atoms with Gasteiger partial charge in [-0.05, 0) is 18.2 Å². The lowest BCUT2D eigenvalue weighted by molar-refractivity contribution is -0.120. The summed E-state index contributed by atoms with van der Waals surface area (Å²) in [6.45, 7) is 0.116. The van der Waals surface area contributed by atoms with Gasteiger partial charge in [-0.2, -0.15) is 0 Å². The highest BCUT2D eigenvalue weighted by atomic mass is 35.5. The fourth-order valence-electron chi connectivity index (χ4n) is 1.25. The molecular formula is C12H13ClN2O3S. The van der Waals surface area contributed by atoms with E-state index in [0.717, 1.165) is 0 Å². The van der Waals surface area contributed by atoms with Gasteiger partial charge in [0, 0.05) is 18.0 Å². The van der Waals surface area contributed by atoms with Crippen molar-refractivity contribution in [2.24, 2.45) is 0 Å². The fourth-order valence-corrected chi connectivity index (χ4v) is 2.59. The van der Waals surface area contributed by atoms with Crippen LogP contribution in [0.3, 0.4) is 0 Å². The number of hydrogen-bond acceptors (Lipinski definition) is 3. The summed E-state index contributed by atoms with van der Waals surface area (Å²) in [5.41, 5.74) is 0. The molecule has 0 aliphatic carbocycles. The SMILES string of the molecule is C#CCNC(=O)CCNS(=O)(=O)c1cccc(Cl)c1. The third-order valence-electron chi connectivity index (χ3n) is 2.14. The Hall–Kier alpha value is -1.55. The minimum Gasteiger partial charge on any atom is -0.345 e. The third kappa shape index (κ3) is 5.30. The molecule has 0 heterocycles. The Morgan fingerprint density at radius 3 is 2.79 bits per heavy atom. The number of carbonyl (C=O) groups excluding carboxylic acids is 1. The topological polar surface area (TPSA) is 75.3 Å². The van der Waals surface area contributed by atoms with Crippen LogP contribution in [-0.2, 0) is 14.8 Å². The van der Waals surface area contributed by atoms with E-state index in [1.165, 1.54) is 18.2 Å². The van der Waals surface area contributed by atoms with E-state index in [4.69, 9.17) is 18.0 Å². The van der Waals surface area contributed by atoms with Crippen molar-refractivity contribution >= 4 is 27.5 Å². The lowest BCUT2D eigenvalue weighted by Gasteiger charge is -2.06. The average Bonchev–Trinajstić information content (AvgIpc) is 2.36. The van der Waals surface area contributed by atoms with E-state index < -0.39 is 10.0 Å². The highest BCUT2D eigenvalue weighted by Gasteiger charge is 2.14. The molecule has 5 nitrogen and oxygen atoms in total. The van der Waals surface area contributed by atoms with E-state index in [-0.39, 0.29) is 30.3 Å². The van der Waals surface area contributed by atoms with Crippen molar-refractivity contribution in [1.29, 1.82) is 0 Å². The molecule has 0 aliphatic rings. The number of halogens is 1. The largest absolute Gasteiger partial charge is 0.345 e. The Bertz CT molecular complexity index is 593. The Morgan fingerprint density at radius 1 is 1.42 bits per heavy atom. The molecule has 0 atom stereocenters. The maximum absolute atomic E-state index is 11.8. The zero-order valence-corrected chi connectivity index (χ0v) is 11.6. The molecular weight excluding hydrogens is 288 g/mol. The Morgan fingerprint density at radius 2 is 2.16 bits per heavy atom. The lowest BCUT2D eigenvalue weighted by Crippen LogP contribution is -2.30. The molecule has 0 fully saturated rings. The van der Waals surface area contributed by atoms with Crippen LogP contribution in [0.5, 0.6) is 0 Å². The lowest BCUT2D eigenvalue weighted by atomic mass is 10.4. The van der Waals surface area contributed by atoms with Crippen LogP contribution >= 0.6 is 11.6 Å². The molecule has 19 heavy (non-hydrogen) atoms. The fraction of sp³-hybridized carbons (Fsp3) is 0.250. The summed E-state index contributed by atoms with van der Waals surface area (Å²) >= 11 is 5.72. The van der Waals surface area contributed by atoms with Gasteiger partial charge in [-0.1, -0.05) is 23.6 Å². The summed E-state index contributed by atoms with van der Waals surface area (Å²) in [6, 6.07) is 5.87. The predicted octanol–water partition coefficient (Wildman–Crippen LogP) is 0.758. The maximum Gasteiger partial charge on any atom is 0.240 e. The monoisotopic (exact) mass is 300 g/mol. The summed E-state index contributed by atoms with van der Waals surface area (Å²) in [4.78, 5) is 11.3. The number of sulfonamides is 1. The van der Waals surface area contributed by atoms with Crippen LogP contribution in [-0.4, -0.2) is 27.4 Å². The molecule has 0 aliphatic heterocycles. The maximum atomic E-state index is 11.8. The standard InChI is InChI=1S/C12H13ClN2O3S/c1-2-7-14-12(16)6-8-15-19(17,18)11-5-3-4-10(13)9-11/h1,3-5,9,15H,6-8H2,(H,14,16). The quantitative estimate of drug-likeness (QED) is 0.762. The van der Waals surface area contributed by atoms with Gasteiger partial charge in [0.05, 0.1) is 11.4 Å². The van der Waals surface area contributed by atoms with Gasteiger partial charge in [-0.15, -0.1) is 6.42 Å². The summed E-state index contributed by atoms with van der Waals surface area (Å²) in [5.74, 6) is 1.94. The van der Waals surface area contributed by atoms with E-state index in [2.05, 4.69) is 16.0 Å². The predicted molar refractivity (Wildman–Crippen MR) is 73.1 cm³/mol. The van der Waals surface area contributed by atoms with Crippen LogP contribution < -0.4 is 10.0 Å². The molecule has 0 radical (unpaired) electrons. The van der Waals surface area contributed by atoms with Crippen molar-refractivity contribution in [3.05, 3.63) is 29.3 Å². The van der Waals surface area contributed by atoms with Crippen molar-refractivity contribution in [2.75, 3.05) is 13.1 Å². The van der Waals surface area contributed by atoms with Crippen LogP contribution in [0.4, 0.5) is 0 Å². The summed E-state index contributed by atoms with van der Waals surface area (Å²) in [7, 11) is -3.65. The molecule has 0 aromatic heterocycles. The molecule has 2 N–H and O–H groups in total. The molecule has 7 heteroatoms. The summed E-state index contributed by atoms with van der Waals surface area (Å²) in [6.07, 6.45) is 4.99. The van der Waals surface area contributed by atoms with Crippen molar-refractivity contribution in [1.82, 2.24) is 10.0 Å². The van der Waals surface area contributed by atoms with E-state index in [0.29, 0.717) is 5.02 Å². The number of terminal acetylenes is 1. The van der Waals surface area contributed by atoms with Crippen molar-refractivity contribution < 1.29 is 13.2 Å². The Kier molecular flexibility index (Phi) is 5.83. The van der Waals surface area contributed by atoms with Crippen molar-refractivity contribution in [3.63, 3.8) is 0 Å². The molecule has 1 aromatic rings. The molecule has 0 unspecified atom stereocenters. The third-order valence-corrected chi connectivity index (χ3v) is 3.83. The summed E-state index contributed by atoms with van der Waals surface area (Å²) in [5, 5.41) is 2.76. The van der Waals surface area contributed by atoms with Gasteiger partial charge in [0.25, 0.3) is 0 Å². The number of carbonyl (C=O) groups is 1. The van der Waals surface area contributed by atoms with Crippen molar-refractivity contribution in [3.8, 4) is 12.3 Å². The van der Waals surface area contributed by atoms with Gasteiger partial charge < -0.3 is 5.32 Å². The Labute approximate surface area is 117 Å². The zero-order valence-electron chi connectivity index (χ0n) is 10.0. The first-order valence-electron chi connectivity index (χ1n) is 5.41. The highest BCUT2D eigenvalue weighted by molar-refractivity contribution is 7.89. The second-order valence-corrected chi connectivity index (χ2v) is 5.79. The second kappa shape index (κ2) is 7.14. The smallest absolute Gasteiger partial charge is 0.240 e. The molecule has 0 saturated carbocycles. The van der Waals surface area contributed by atoms with E-state index in [1.807, 2.05) is 0 Å². The average molecular weight is 301 g/mol. The van der Waals surface area contributed by atoms with Crippen LogP contribution in [0.2, 0.25) is 5.02 Å². The number of rotatable bonds is 6. The molecule has 1 amide bonds. The van der Waals surface area contributed by atoms with E-state index in [1.54, 1.807) is 6.07 Å². The van der Waals surface area contributed by atoms with E-state index in [9.17, 15) is 13.2 Å². The normalized spacial score (nSPS) is 10.7. The van der Waals surface area contributed by atoms with Gasteiger partial charge in [0.1, 0.15) is 0 Å². The minimum absolute atomic E-state index is 0.00868. The Balaban J connectivity index is 2.53. The van der Waals surface area contributed by atoms with Crippen molar-refractivity contribution in [2.45, 2.75) is 11.3 Å². The number of benzene rings is 1. The number of hydrogen-bond donors (Lipinski definition) is 2. The van der Waals surface area contributed by atoms with Crippen LogP contribution in [0.15, 0.2) is 29.2 Å². The molecule has 1 rings (SSSR count). The summed E-state index contributed by atoms with van der Waals surface area (Å²) < 4.78 is 26.0. The van der Waals surface area contributed by atoms with Gasteiger partial charge >= 0.3 is 0 Å². The number of nitrogens with one attached hydrogen (secondary N) is 2. The first-order chi connectivity index (χ1) is 8.95. The highest BCUT2D eigenvalue weighted by Crippen LogP contribution is 2.14. The van der Waals surface area contributed by atoms with Crippen LogP contribution in [0.1, 0.15) is 6.42 Å². The zero-order chi connectivity index (χ0) is 14.3. The van der Waals surface area contributed by atoms with E-state index >= 15 is 0 Å². The minimum atomic E-state index is -3.65. The van der Waals surface area contributed by atoms with Crippen LogP contribution in [0.25, 0.3) is 0 Å². The molecule has 0 bridgehead atoms. The van der Waals surface area contributed by atoms with Gasteiger partial charge in [-0.3, -0.25) is 4.79 Å². The first kappa shape index (κ1) is 15.5. The van der Waals surface area contributed by atoms with Gasteiger partial charge in [0.2, 0.25) is 15.9 Å². The molecule has 0 spiro atoms. The second-order valence-electron chi connectivity index (χ2n) is 3.59. The molecule has 1 aromatic carbocycles. The first-order valence-corrected chi connectivity index (χ1v) is 7.27. The van der Waals surface area contributed by atoms with Gasteiger partial charge in [-0.25, -0.2) is 13.1 Å². The van der Waals surface area contributed by atoms with Crippen LogP contribution in [0, 0.1) is 12.3 Å². The molecule has 0 saturated heterocycles.